The van der Waals surface area contributed by atoms with Gasteiger partial charge in [-0.1, -0.05) is 23.2 Å². The maximum atomic E-state index is 12.9. The van der Waals surface area contributed by atoms with E-state index in [9.17, 15) is 8.78 Å². The van der Waals surface area contributed by atoms with Gasteiger partial charge in [-0.2, -0.15) is 0 Å². The zero-order valence-electron chi connectivity index (χ0n) is 8.22. The zero-order valence-corrected chi connectivity index (χ0v) is 9.73. The first-order valence-corrected chi connectivity index (χ1v) is 5.22. The highest BCUT2D eigenvalue weighted by atomic mass is 35.5. The van der Waals surface area contributed by atoms with Crippen molar-refractivity contribution in [2.24, 2.45) is 0 Å². The van der Waals surface area contributed by atoms with Crippen LogP contribution in [0.1, 0.15) is 0 Å². The van der Waals surface area contributed by atoms with Gasteiger partial charge in [0.25, 0.3) is 0 Å². The maximum absolute atomic E-state index is 12.9. The molecule has 2 aromatic rings. The van der Waals surface area contributed by atoms with Crippen LogP contribution in [-0.2, 0) is 0 Å². The predicted octanol–water partition coefficient (Wildman–Crippen LogP) is 3.81. The van der Waals surface area contributed by atoms with Crippen LogP contribution in [0.2, 0.25) is 10.3 Å². The number of halogens is 4. The second kappa shape index (κ2) is 4.81. The molecule has 3 nitrogen and oxygen atoms in total. The molecule has 1 N–H and O–H groups in total. The summed E-state index contributed by atoms with van der Waals surface area (Å²) >= 11 is 11.4. The normalized spacial score (nSPS) is 10.4. The number of rotatable bonds is 2. The first-order valence-electron chi connectivity index (χ1n) is 4.46. The Labute approximate surface area is 105 Å². The summed E-state index contributed by atoms with van der Waals surface area (Å²) in [7, 11) is 0. The van der Waals surface area contributed by atoms with Crippen molar-refractivity contribution in [2.45, 2.75) is 0 Å². The van der Waals surface area contributed by atoms with Gasteiger partial charge < -0.3 is 5.32 Å². The molecular formula is C10H5Cl2F2N3. The number of nitrogens with zero attached hydrogens (tertiary/aromatic N) is 2. The van der Waals surface area contributed by atoms with E-state index in [1.807, 2.05) is 0 Å². The molecule has 0 saturated heterocycles. The highest BCUT2D eigenvalue weighted by molar-refractivity contribution is 6.33. The Morgan fingerprint density at radius 3 is 2.24 bits per heavy atom. The van der Waals surface area contributed by atoms with Crippen LogP contribution in [0.3, 0.4) is 0 Å². The summed E-state index contributed by atoms with van der Waals surface area (Å²) < 4.78 is 25.9. The second-order valence-electron chi connectivity index (χ2n) is 3.15. The van der Waals surface area contributed by atoms with E-state index in [1.165, 1.54) is 6.07 Å². The summed E-state index contributed by atoms with van der Waals surface area (Å²) in [6, 6.07) is 4.41. The zero-order chi connectivity index (χ0) is 12.4. The lowest BCUT2D eigenvalue weighted by molar-refractivity contribution is 0.584. The molecule has 0 saturated carbocycles. The third kappa shape index (κ3) is 3.01. The molecule has 17 heavy (non-hydrogen) atoms. The lowest BCUT2D eigenvalue weighted by atomic mass is 10.3. The van der Waals surface area contributed by atoms with E-state index in [1.54, 1.807) is 0 Å². The largest absolute Gasteiger partial charge is 0.353 e. The van der Waals surface area contributed by atoms with Crippen LogP contribution in [-0.4, -0.2) is 10.2 Å². The average molecular weight is 276 g/mol. The summed E-state index contributed by atoms with van der Waals surface area (Å²) in [6.07, 6.45) is 0. The van der Waals surface area contributed by atoms with E-state index in [2.05, 4.69) is 15.5 Å². The van der Waals surface area contributed by atoms with Crippen molar-refractivity contribution in [3.8, 4) is 0 Å². The molecule has 0 fully saturated rings. The number of aromatic nitrogens is 2. The van der Waals surface area contributed by atoms with Gasteiger partial charge in [-0.05, 0) is 12.1 Å². The van der Waals surface area contributed by atoms with Gasteiger partial charge in [0.15, 0.2) is 10.3 Å². The minimum atomic E-state index is -0.697. The monoisotopic (exact) mass is 275 g/mol. The van der Waals surface area contributed by atoms with E-state index < -0.39 is 11.6 Å². The molecule has 0 amide bonds. The fraction of sp³-hybridized carbons (Fsp3) is 0. The Balaban J connectivity index is 2.34. The van der Waals surface area contributed by atoms with Crippen molar-refractivity contribution >= 4 is 34.6 Å². The Bertz CT molecular complexity index is 543. The Morgan fingerprint density at radius 2 is 1.59 bits per heavy atom. The van der Waals surface area contributed by atoms with Gasteiger partial charge in [0, 0.05) is 17.8 Å². The maximum Gasteiger partial charge on any atom is 0.175 e. The molecule has 1 aromatic heterocycles. The summed E-state index contributed by atoms with van der Waals surface area (Å²) in [5.41, 5.74) is 0.519. The molecule has 1 heterocycles. The van der Waals surface area contributed by atoms with Crippen molar-refractivity contribution in [3.63, 3.8) is 0 Å². The van der Waals surface area contributed by atoms with E-state index in [-0.39, 0.29) is 16.0 Å². The average Bonchev–Trinajstić information content (AvgIpc) is 2.22. The van der Waals surface area contributed by atoms with Crippen LogP contribution < -0.4 is 5.32 Å². The third-order valence-corrected chi connectivity index (χ3v) is 2.32. The summed E-state index contributed by atoms with van der Waals surface area (Å²) in [4.78, 5) is 0. The molecule has 0 radical (unpaired) electrons. The van der Waals surface area contributed by atoms with Crippen LogP contribution in [0.15, 0.2) is 24.3 Å². The summed E-state index contributed by atoms with van der Waals surface area (Å²) in [5, 5.41) is 9.93. The number of benzene rings is 1. The van der Waals surface area contributed by atoms with Crippen LogP contribution in [0.4, 0.5) is 20.2 Å². The molecule has 88 valence electrons. The molecule has 7 heteroatoms. The van der Waals surface area contributed by atoms with E-state index in [4.69, 9.17) is 23.2 Å². The third-order valence-electron chi connectivity index (χ3n) is 1.86. The van der Waals surface area contributed by atoms with Gasteiger partial charge in [0.05, 0.1) is 5.69 Å². The van der Waals surface area contributed by atoms with Gasteiger partial charge in [0.1, 0.15) is 11.6 Å². The predicted molar refractivity (Wildman–Crippen MR) is 61.7 cm³/mol. The van der Waals surface area contributed by atoms with Gasteiger partial charge >= 0.3 is 0 Å². The van der Waals surface area contributed by atoms with Crippen molar-refractivity contribution in [1.29, 1.82) is 0 Å². The van der Waals surface area contributed by atoms with Gasteiger partial charge in [-0.25, -0.2) is 8.78 Å². The topological polar surface area (TPSA) is 37.8 Å². The summed E-state index contributed by atoms with van der Waals surface area (Å²) in [5.74, 6) is -1.39. The fourth-order valence-electron chi connectivity index (χ4n) is 1.22. The minimum Gasteiger partial charge on any atom is -0.353 e. The quantitative estimate of drug-likeness (QED) is 0.906. The van der Waals surface area contributed by atoms with Crippen LogP contribution in [0.5, 0.6) is 0 Å². The van der Waals surface area contributed by atoms with Gasteiger partial charge in [-0.15, -0.1) is 10.2 Å². The second-order valence-corrected chi connectivity index (χ2v) is 3.90. The molecule has 0 aliphatic heterocycles. The first kappa shape index (κ1) is 12.0. The number of hydrogen-bond acceptors (Lipinski definition) is 3. The molecular weight excluding hydrogens is 271 g/mol. The van der Waals surface area contributed by atoms with Crippen LogP contribution in [0, 0.1) is 11.6 Å². The van der Waals surface area contributed by atoms with Crippen LogP contribution in [0.25, 0.3) is 0 Å². The number of nitrogens with one attached hydrogen (secondary N) is 1. The molecule has 0 spiro atoms. The highest BCUT2D eigenvalue weighted by Crippen LogP contribution is 2.25. The Hall–Kier alpha value is -1.46. The Morgan fingerprint density at radius 1 is 0.941 bits per heavy atom. The number of anilines is 2. The van der Waals surface area contributed by atoms with Gasteiger partial charge in [0.2, 0.25) is 0 Å². The van der Waals surface area contributed by atoms with Crippen molar-refractivity contribution in [2.75, 3.05) is 5.32 Å². The fourth-order valence-corrected chi connectivity index (χ4v) is 1.51. The lowest BCUT2D eigenvalue weighted by Crippen LogP contribution is -1.96. The smallest absolute Gasteiger partial charge is 0.175 e. The van der Waals surface area contributed by atoms with Crippen LogP contribution >= 0.6 is 23.2 Å². The molecule has 2 rings (SSSR count). The van der Waals surface area contributed by atoms with E-state index in [0.29, 0.717) is 5.69 Å². The van der Waals surface area contributed by atoms with Crippen molar-refractivity contribution in [3.05, 3.63) is 46.2 Å². The van der Waals surface area contributed by atoms with E-state index in [0.717, 1.165) is 18.2 Å². The molecule has 0 bridgehead atoms. The van der Waals surface area contributed by atoms with Crippen molar-refractivity contribution in [1.82, 2.24) is 10.2 Å². The lowest BCUT2D eigenvalue weighted by Gasteiger charge is -2.07. The standard InChI is InChI=1S/C10H5Cl2F2N3/c11-9-4-8(10(12)17-16-9)15-7-2-5(13)1-6(14)3-7/h1-4H,(H,15,16). The Kier molecular flexibility index (Phi) is 3.40. The molecule has 0 unspecified atom stereocenters. The highest BCUT2D eigenvalue weighted by Gasteiger charge is 2.06. The molecule has 0 aliphatic carbocycles. The van der Waals surface area contributed by atoms with Crippen molar-refractivity contribution < 1.29 is 8.78 Å². The molecule has 0 atom stereocenters. The first-order chi connectivity index (χ1) is 8.04. The molecule has 0 aliphatic rings. The SMILES string of the molecule is Fc1cc(F)cc(Nc2cc(Cl)nnc2Cl)c1. The minimum absolute atomic E-state index is 0.0547. The molecule has 1 aromatic carbocycles. The van der Waals surface area contributed by atoms with Gasteiger partial charge in [-0.3, -0.25) is 0 Å². The number of hydrogen-bond donors (Lipinski definition) is 1. The summed E-state index contributed by atoms with van der Waals surface area (Å²) in [6.45, 7) is 0. The van der Waals surface area contributed by atoms with E-state index >= 15 is 0 Å².